The van der Waals surface area contributed by atoms with E-state index in [4.69, 9.17) is 11.6 Å². The van der Waals surface area contributed by atoms with E-state index in [-0.39, 0.29) is 0 Å². The maximum Gasteiger partial charge on any atom is 0.243 e. The van der Waals surface area contributed by atoms with E-state index in [0.29, 0.717) is 28.9 Å². The van der Waals surface area contributed by atoms with Crippen LogP contribution in [0.4, 0.5) is 0 Å². The monoisotopic (exact) mass is 316 g/mol. The second-order valence-electron chi connectivity index (χ2n) is 5.55. The van der Waals surface area contributed by atoms with E-state index < -0.39 is 10.0 Å². The molecule has 0 saturated carbocycles. The second kappa shape index (κ2) is 6.43. The van der Waals surface area contributed by atoms with Crippen molar-refractivity contribution >= 4 is 21.6 Å². The van der Waals surface area contributed by atoms with Crippen LogP contribution in [0.15, 0.2) is 29.2 Å². The van der Waals surface area contributed by atoms with Gasteiger partial charge in [0.1, 0.15) is 0 Å². The van der Waals surface area contributed by atoms with Crippen LogP contribution in [0.3, 0.4) is 0 Å². The fourth-order valence-electron chi connectivity index (χ4n) is 2.42. The Hall–Kier alpha value is -0.620. The van der Waals surface area contributed by atoms with Gasteiger partial charge in [0.2, 0.25) is 10.0 Å². The molecule has 112 valence electrons. The Kier molecular flexibility index (Phi) is 5.07. The van der Waals surface area contributed by atoms with Gasteiger partial charge >= 0.3 is 0 Å². The molecule has 6 heteroatoms. The smallest absolute Gasteiger partial charge is 0.243 e. The molecular weight excluding hydrogens is 296 g/mol. The molecule has 0 atom stereocenters. The molecule has 0 aliphatic carbocycles. The van der Waals surface area contributed by atoms with Crippen molar-refractivity contribution in [2.24, 2.45) is 5.92 Å². The summed E-state index contributed by atoms with van der Waals surface area (Å²) >= 11 is 5.80. The third-order valence-corrected chi connectivity index (χ3v) is 5.57. The molecule has 0 spiro atoms. The number of rotatable bonds is 4. The molecule has 0 radical (unpaired) electrons. The topological polar surface area (TPSA) is 40.6 Å². The van der Waals surface area contributed by atoms with Crippen LogP contribution in [-0.4, -0.2) is 50.3 Å². The maximum absolute atomic E-state index is 12.5. The fourth-order valence-corrected chi connectivity index (χ4v) is 3.97. The first-order valence-corrected chi connectivity index (χ1v) is 8.69. The normalized spacial score (nSPS) is 18.6. The van der Waals surface area contributed by atoms with Crippen molar-refractivity contribution in [1.82, 2.24) is 9.21 Å². The second-order valence-corrected chi connectivity index (χ2v) is 7.93. The Morgan fingerprint density at radius 2 is 1.65 bits per heavy atom. The van der Waals surface area contributed by atoms with Crippen LogP contribution in [-0.2, 0) is 10.0 Å². The summed E-state index contributed by atoms with van der Waals surface area (Å²) in [5.41, 5.74) is 0. The lowest BCUT2D eigenvalue weighted by molar-refractivity contribution is 0.172. The molecule has 4 nitrogen and oxygen atoms in total. The standard InChI is InChI=1S/C14H21ClN2O2S/c1-12(2)11-16-7-9-17(10-8-16)20(18,19)14-5-3-13(15)4-6-14/h3-6,12H,7-11H2,1-2H3. The molecule has 1 fully saturated rings. The van der Waals surface area contributed by atoms with E-state index in [9.17, 15) is 8.42 Å². The Labute approximate surface area is 126 Å². The highest BCUT2D eigenvalue weighted by Crippen LogP contribution is 2.20. The number of hydrogen-bond acceptors (Lipinski definition) is 3. The zero-order chi connectivity index (χ0) is 14.8. The maximum atomic E-state index is 12.5. The summed E-state index contributed by atoms with van der Waals surface area (Å²) in [4.78, 5) is 2.64. The summed E-state index contributed by atoms with van der Waals surface area (Å²) in [6, 6.07) is 6.36. The van der Waals surface area contributed by atoms with Gasteiger partial charge in [0, 0.05) is 37.7 Å². The molecule has 20 heavy (non-hydrogen) atoms. The van der Waals surface area contributed by atoms with Crippen molar-refractivity contribution in [3.63, 3.8) is 0 Å². The fraction of sp³-hybridized carbons (Fsp3) is 0.571. The molecule has 0 amide bonds. The highest BCUT2D eigenvalue weighted by atomic mass is 35.5. The minimum atomic E-state index is -3.38. The average Bonchev–Trinajstić information content (AvgIpc) is 2.39. The highest BCUT2D eigenvalue weighted by molar-refractivity contribution is 7.89. The minimum absolute atomic E-state index is 0.319. The molecule has 2 rings (SSSR count). The van der Waals surface area contributed by atoms with E-state index in [0.717, 1.165) is 19.6 Å². The van der Waals surface area contributed by atoms with Crippen molar-refractivity contribution in [1.29, 1.82) is 0 Å². The molecule has 1 aromatic rings. The van der Waals surface area contributed by atoms with Gasteiger partial charge in [0.05, 0.1) is 4.90 Å². The van der Waals surface area contributed by atoms with Crippen molar-refractivity contribution in [3.05, 3.63) is 29.3 Å². The molecule has 1 heterocycles. The summed E-state index contributed by atoms with van der Waals surface area (Å²) in [5, 5.41) is 0.547. The van der Waals surface area contributed by atoms with Gasteiger partial charge in [-0.3, -0.25) is 0 Å². The predicted octanol–water partition coefficient (Wildman–Crippen LogP) is 2.30. The summed E-state index contributed by atoms with van der Waals surface area (Å²) in [6.07, 6.45) is 0. The molecule has 0 unspecified atom stereocenters. The first-order valence-electron chi connectivity index (χ1n) is 6.87. The van der Waals surface area contributed by atoms with Crippen LogP contribution >= 0.6 is 11.6 Å². The van der Waals surface area contributed by atoms with Crippen LogP contribution in [0.5, 0.6) is 0 Å². The largest absolute Gasteiger partial charge is 0.300 e. The van der Waals surface area contributed by atoms with Gasteiger partial charge in [-0.15, -0.1) is 0 Å². The molecule has 1 aromatic carbocycles. The minimum Gasteiger partial charge on any atom is -0.300 e. The van der Waals surface area contributed by atoms with Crippen LogP contribution < -0.4 is 0 Å². The van der Waals surface area contributed by atoms with Gasteiger partial charge in [0.25, 0.3) is 0 Å². The van der Waals surface area contributed by atoms with E-state index in [1.54, 1.807) is 28.6 Å². The number of sulfonamides is 1. The molecule has 1 saturated heterocycles. The third-order valence-electron chi connectivity index (χ3n) is 3.41. The van der Waals surface area contributed by atoms with E-state index >= 15 is 0 Å². The Balaban J connectivity index is 2.04. The zero-order valence-corrected chi connectivity index (χ0v) is 13.5. The number of hydrogen-bond donors (Lipinski definition) is 0. The quantitative estimate of drug-likeness (QED) is 0.856. The van der Waals surface area contributed by atoms with Crippen molar-refractivity contribution < 1.29 is 8.42 Å². The zero-order valence-electron chi connectivity index (χ0n) is 11.9. The molecular formula is C14H21ClN2O2S. The first kappa shape index (κ1) is 15.8. The van der Waals surface area contributed by atoms with E-state index in [1.807, 2.05) is 0 Å². The van der Waals surface area contributed by atoms with Crippen LogP contribution in [0.2, 0.25) is 5.02 Å². The molecule has 0 bridgehead atoms. The summed E-state index contributed by atoms with van der Waals surface area (Å²) < 4.78 is 26.5. The lowest BCUT2D eigenvalue weighted by atomic mass is 10.2. The summed E-state index contributed by atoms with van der Waals surface area (Å²) in [7, 11) is -3.38. The van der Waals surface area contributed by atoms with Gasteiger partial charge in [-0.1, -0.05) is 25.4 Å². The Morgan fingerprint density at radius 3 is 2.15 bits per heavy atom. The highest BCUT2D eigenvalue weighted by Gasteiger charge is 2.28. The van der Waals surface area contributed by atoms with Crippen LogP contribution in [0, 0.1) is 5.92 Å². The van der Waals surface area contributed by atoms with Gasteiger partial charge < -0.3 is 4.90 Å². The lowest BCUT2D eigenvalue weighted by Crippen LogP contribution is -2.49. The summed E-state index contributed by atoms with van der Waals surface area (Å²) in [6.45, 7) is 8.08. The first-order chi connectivity index (χ1) is 9.39. The van der Waals surface area contributed by atoms with Gasteiger partial charge in [-0.2, -0.15) is 4.31 Å². The lowest BCUT2D eigenvalue weighted by Gasteiger charge is -2.34. The number of halogens is 1. The van der Waals surface area contributed by atoms with Crippen molar-refractivity contribution in [2.45, 2.75) is 18.7 Å². The van der Waals surface area contributed by atoms with Gasteiger partial charge in [0.15, 0.2) is 0 Å². The van der Waals surface area contributed by atoms with Crippen LogP contribution in [0.1, 0.15) is 13.8 Å². The summed E-state index contributed by atoms with van der Waals surface area (Å²) in [5.74, 6) is 0.606. The van der Waals surface area contributed by atoms with Gasteiger partial charge in [-0.05, 0) is 30.2 Å². The molecule has 1 aliphatic heterocycles. The molecule has 1 aliphatic rings. The van der Waals surface area contributed by atoms with Gasteiger partial charge in [-0.25, -0.2) is 8.42 Å². The number of nitrogens with zero attached hydrogens (tertiary/aromatic N) is 2. The predicted molar refractivity (Wildman–Crippen MR) is 81.5 cm³/mol. The Bertz CT molecular complexity index is 535. The Morgan fingerprint density at radius 1 is 1.10 bits per heavy atom. The van der Waals surface area contributed by atoms with Crippen LogP contribution in [0.25, 0.3) is 0 Å². The van der Waals surface area contributed by atoms with Crippen molar-refractivity contribution in [2.75, 3.05) is 32.7 Å². The molecule has 0 N–H and O–H groups in total. The third kappa shape index (κ3) is 3.73. The molecule has 0 aromatic heterocycles. The number of benzene rings is 1. The van der Waals surface area contributed by atoms with E-state index in [1.165, 1.54) is 0 Å². The van der Waals surface area contributed by atoms with Crippen molar-refractivity contribution in [3.8, 4) is 0 Å². The number of piperazine rings is 1. The SMILES string of the molecule is CC(C)CN1CCN(S(=O)(=O)c2ccc(Cl)cc2)CC1. The average molecular weight is 317 g/mol. The van der Waals surface area contributed by atoms with E-state index in [2.05, 4.69) is 18.7 Å².